The summed E-state index contributed by atoms with van der Waals surface area (Å²) in [6.07, 6.45) is 0. The first-order chi connectivity index (χ1) is 14.7. The predicted molar refractivity (Wildman–Crippen MR) is 80.6 cm³/mol. The van der Waals surface area contributed by atoms with Crippen molar-refractivity contribution in [3.05, 3.63) is 0 Å². The van der Waals surface area contributed by atoms with Crippen LogP contribution in [-0.4, -0.2) is 91.3 Å². The molecule has 15 nitrogen and oxygen atoms in total. The van der Waals surface area contributed by atoms with E-state index in [1.165, 1.54) is 0 Å². The van der Waals surface area contributed by atoms with Crippen molar-refractivity contribution in [2.24, 2.45) is 0 Å². The summed E-state index contributed by atoms with van der Waals surface area (Å²) in [5.41, 5.74) is -22.1. The summed E-state index contributed by atoms with van der Waals surface area (Å²) in [5.74, 6) is 0. The van der Waals surface area contributed by atoms with E-state index in [1.807, 2.05) is 0 Å². The number of hydrogen-bond donors (Lipinski definition) is 6. The Kier molecular flexibility index (Phi) is 21.9. The molecule has 6 N–H and O–H groups in total. The smallest absolute Gasteiger partial charge is 0.832 e. The third kappa shape index (κ3) is 31.5. The molecule has 0 aliphatic rings. The van der Waals surface area contributed by atoms with Gasteiger partial charge in [0.05, 0.1) is 0 Å². The normalized spacial score (nSPS) is 12.8. The van der Waals surface area contributed by atoms with Crippen molar-refractivity contribution in [1.82, 2.24) is 0 Å². The Hall–Kier alpha value is -0.658. The van der Waals surface area contributed by atoms with E-state index in [1.54, 1.807) is 0 Å². The molecule has 0 rings (SSSR count). The molecule has 224 valence electrons. The first-order valence-electron chi connectivity index (χ1n) is 5.90. The van der Waals surface area contributed by atoms with Crippen molar-refractivity contribution in [2.45, 2.75) is 22.0 Å². The van der Waals surface area contributed by atoms with Gasteiger partial charge in [0.25, 0.3) is 0 Å². The average Bonchev–Trinajstić information content (AvgIpc) is 2.39. The first kappa shape index (κ1) is 49.3. The predicted octanol–water partition coefficient (Wildman–Crippen LogP) is -4.10. The Bertz CT molecular complexity index is 881. The van der Waals surface area contributed by atoms with Crippen LogP contribution in [0.4, 0.5) is 52.7 Å². The molecule has 0 saturated heterocycles. The molecule has 0 aromatic carbocycles. The molecule has 0 spiro atoms. The second-order valence-corrected chi connectivity index (χ2v) is 9.66. The number of alkyl halides is 12. The molecular formula is C4H6BF12LiO15S4. The van der Waals surface area contributed by atoms with Crippen molar-refractivity contribution in [2.75, 3.05) is 0 Å². The number of halogens is 12. The summed E-state index contributed by atoms with van der Waals surface area (Å²) in [6.45, 7) is 0. The summed E-state index contributed by atoms with van der Waals surface area (Å²) in [6, 6.07) is 0. The SMILES string of the molecule is O=S(=O)(O)C(F)(F)F.O=S(=O)(O)C(F)(F)F.O=S(=O)(O)C(F)(F)F.O=S(=O)(O)C(F)(F)F.[Li+].[O-]B(O)O. The van der Waals surface area contributed by atoms with E-state index in [4.69, 9.17) is 67.0 Å². The maximum Gasteiger partial charge on any atom is 1.00 e. The van der Waals surface area contributed by atoms with Gasteiger partial charge < -0.3 is 15.1 Å². The van der Waals surface area contributed by atoms with Gasteiger partial charge in [-0.1, -0.05) is 0 Å². The zero-order valence-electron chi connectivity index (χ0n) is 16.1. The summed E-state index contributed by atoms with van der Waals surface area (Å²) in [4.78, 5) is 0. The van der Waals surface area contributed by atoms with Gasteiger partial charge in [-0.15, -0.1) is 0 Å². The Morgan fingerprint density at radius 3 is 0.459 bits per heavy atom. The van der Waals surface area contributed by atoms with Gasteiger partial charge in [-0.05, 0) is 0 Å². The number of hydrogen-bond acceptors (Lipinski definition) is 11. The van der Waals surface area contributed by atoms with E-state index in [0.29, 0.717) is 0 Å². The van der Waals surface area contributed by atoms with Crippen LogP contribution in [0.15, 0.2) is 0 Å². The molecular weight excluding hydrogens is 662 g/mol. The van der Waals surface area contributed by atoms with Crippen LogP contribution in [0.1, 0.15) is 0 Å². The topological polar surface area (TPSA) is 281 Å². The van der Waals surface area contributed by atoms with Crippen LogP contribution in [0.3, 0.4) is 0 Å². The summed E-state index contributed by atoms with van der Waals surface area (Å²) < 4.78 is 230. The van der Waals surface area contributed by atoms with E-state index in [-0.39, 0.29) is 18.9 Å². The van der Waals surface area contributed by atoms with Gasteiger partial charge in [0.1, 0.15) is 0 Å². The molecule has 37 heavy (non-hydrogen) atoms. The molecule has 0 saturated carbocycles. The Balaban J connectivity index is -0.0000000819. The average molecular weight is 668 g/mol. The molecule has 0 aromatic heterocycles. The third-order valence-electron chi connectivity index (χ3n) is 1.17. The Morgan fingerprint density at radius 2 is 0.459 bits per heavy atom. The Labute approximate surface area is 208 Å². The minimum Gasteiger partial charge on any atom is -0.832 e. The van der Waals surface area contributed by atoms with Gasteiger partial charge in [-0.3, -0.25) is 18.2 Å². The number of rotatable bonds is 0. The molecule has 0 aromatic rings. The molecule has 0 unspecified atom stereocenters. The molecule has 0 atom stereocenters. The van der Waals surface area contributed by atoms with Gasteiger partial charge in [-0.2, -0.15) is 86.4 Å². The van der Waals surface area contributed by atoms with Gasteiger partial charge in [0.2, 0.25) is 0 Å². The van der Waals surface area contributed by atoms with Gasteiger partial charge in [0, 0.05) is 0 Å². The second kappa shape index (κ2) is 16.4. The minimum atomic E-state index is -5.84. The zero-order chi connectivity index (χ0) is 31.6. The van der Waals surface area contributed by atoms with Crippen LogP contribution < -0.4 is 23.9 Å². The fourth-order valence-electron chi connectivity index (χ4n) is 0. The zero-order valence-corrected chi connectivity index (χ0v) is 19.4. The van der Waals surface area contributed by atoms with E-state index in [9.17, 15) is 52.7 Å². The van der Waals surface area contributed by atoms with Crippen LogP contribution in [0, 0.1) is 0 Å². The van der Waals surface area contributed by atoms with Crippen LogP contribution in [0.2, 0.25) is 0 Å². The van der Waals surface area contributed by atoms with Crippen LogP contribution in [0.25, 0.3) is 0 Å². The molecule has 0 fully saturated rings. The van der Waals surface area contributed by atoms with Gasteiger partial charge in [0.15, 0.2) is 0 Å². The fraction of sp³-hybridized carbons (Fsp3) is 1.00. The summed E-state index contributed by atoms with van der Waals surface area (Å²) in [5, 5.41) is 22.8. The van der Waals surface area contributed by atoms with E-state index in [2.05, 4.69) is 0 Å². The minimum absolute atomic E-state index is 0. The Morgan fingerprint density at radius 1 is 0.432 bits per heavy atom. The fourth-order valence-corrected chi connectivity index (χ4v) is 0. The van der Waals surface area contributed by atoms with Gasteiger partial charge in [-0.25, -0.2) is 0 Å². The van der Waals surface area contributed by atoms with Gasteiger partial charge >= 0.3 is 88.7 Å². The van der Waals surface area contributed by atoms with Crippen molar-refractivity contribution in [3.8, 4) is 0 Å². The standard InChI is InChI=1S/4CHF3O3S.BH2O3.Li/c4*2-1(3,4)8(5,6)7;2-1(3)4;/h4*(H,5,6,7);2-3H;/q;;;;-1;+1. The van der Waals surface area contributed by atoms with E-state index in [0.717, 1.165) is 0 Å². The van der Waals surface area contributed by atoms with Crippen LogP contribution in [0.5, 0.6) is 0 Å². The molecule has 33 heteroatoms. The maximum atomic E-state index is 10.7. The monoisotopic (exact) mass is 668 g/mol. The second-order valence-electron chi connectivity index (χ2n) is 4.01. The molecule has 0 amide bonds. The molecule has 0 aliphatic heterocycles. The van der Waals surface area contributed by atoms with Crippen LogP contribution in [-0.2, 0) is 40.5 Å². The van der Waals surface area contributed by atoms with Crippen molar-refractivity contribution >= 4 is 47.8 Å². The quantitative estimate of drug-likeness (QED) is 0.0619. The summed E-state index contributed by atoms with van der Waals surface area (Å²) in [7, 11) is -25.8. The largest absolute Gasteiger partial charge is 1.00 e. The third-order valence-corrected chi connectivity index (χ3v) is 3.51. The molecule has 0 bridgehead atoms. The van der Waals surface area contributed by atoms with E-state index < -0.39 is 69.8 Å². The maximum absolute atomic E-state index is 10.7. The van der Waals surface area contributed by atoms with E-state index >= 15 is 0 Å². The molecule has 0 radical (unpaired) electrons. The molecule has 0 aliphatic carbocycles. The van der Waals surface area contributed by atoms with Crippen LogP contribution >= 0.6 is 0 Å². The van der Waals surface area contributed by atoms with Crippen molar-refractivity contribution in [3.63, 3.8) is 0 Å². The van der Waals surface area contributed by atoms with Crippen molar-refractivity contribution < 1.29 is 138 Å². The summed E-state index contributed by atoms with van der Waals surface area (Å²) >= 11 is 0. The molecule has 0 heterocycles. The first-order valence-corrected chi connectivity index (χ1v) is 11.7. The van der Waals surface area contributed by atoms with Crippen molar-refractivity contribution in [1.29, 1.82) is 0 Å².